The minimum atomic E-state index is 0.121. The Bertz CT molecular complexity index is 703. The van der Waals surface area contributed by atoms with Gasteiger partial charge in [0.05, 0.1) is 15.7 Å². The largest absolute Gasteiger partial charge is 0.383 e. The molecular weight excluding hydrogens is 319 g/mol. The van der Waals surface area contributed by atoms with Gasteiger partial charge in [0.15, 0.2) is 0 Å². The normalized spacial score (nSPS) is 13.1. The third-order valence-corrected chi connectivity index (χ3v) is 4.61. The van der Waals surface area contributed by atoms with Gasteiger partial charge in [-0.15, -0.1) is 0 Å². The number of anilines is 2. The summed E-state index contributed by atoms with van der Waals surface area (Å²) in [6.45, 7) is 1.29. The zero-order valence-corrected chi connectivity index (χ0v) is 13.5. The summed E-state index contributed by atoms with van der Waals surface area (Å²) in [5, 5.41) is 4.16. The average Bonchev–Trinajstić information content (AvgIpc) is 2.95. The van der Waals surface area contributed by atoms with Crippen molar-refractivity contribution >= 4 is 40.5 Å². The standard InChI is InChI=1S/C17H16Cl2N2O/c18-13-5-3-6-14(17(13)19)20-10-8-16(22)21-11-9-12-4-1-2-7-15(12)21/h1-7,20H,8-11H2. The molecule has 0 saturated carbocycles. The Morgan fingerprint density at radius 2 is 1.95 bits per heavy atom. The van der Waals surface area contributed by atoms with Gasteiger partial charge >= 0.3 is 0 Å². The summed E-state index contributed by atoms with van der Waals surface area (Å²) < 4.78 is 0. The summed E-state index contributed by atoms with van der Waals surface area (Å²) in [5.41, 5.74) is 3.03. The first kappa shape index (κ1) is 15.2. The number of nitrogens with one attached hydrogen (secondary N) is 1. The van der Waals surface area contributed by atoms with Crippen LogP contribution in [0.25, 0.3) is 0 Å². The molecule has 3 nitrogen and oxygen atoms in total. The summed E-state index contributed by atoms with van der Waals surface area (Å²) in [6, 6.07) is 13.5. The van der Waals surface area contributed by atoms with Crippen molar-refractivity contribution in [2.45, 2.75) is 12.8 Å². The van der Waals surface area contributed by atoms with Gasteiger partial charge in [0.2, 0.25) is 5.91 Å². The van der Waals surface area contributed by atoms with Crippen molar-refractivity contribution in [2.24, 2.45) is 0 Å². The number of fused-ring (bicyclic) bond motifs is 1. The van der Waals surface area contributed by atoms with E-state index in [-0.39, 0.29) is 5.91 Å². The van der Waals surface area contributed by atoms with Crippen LogP contribution in [0.15, 0.2) is 42.5 Å². The smallest absolute Gasteiger partial charge is 0.228 e. The Hall–Kier alpha value is -1.71. The molecule has 2 aromatic carbocycles. The van der Waals surface area contributed by atoms with E-state index >= 15 is 0 Å². The number of para-hydroxylation sites is 1. The molecule has 1 aliphatic rings. The van der Waals surface area contributed by atoms with E-state index in [1.807, 2.05) is 35.2 Å². The van der Waals surface area contributed by atoms with E-state index < -0.39 is 0 Å². The van der Waals surface area contributed by atoms with Crippen LogP contribution in [0.1, 0.15) is 12.0 Å². The fourth-order valence-electron chi connectivity index (χ4n) is 2.68. The lowest BCUT2D eigenvalue weighted by atomic mass is 10.2. The number of amides is 1. The minimum Gasteiger partial charge on any atom is -0.383 e. The predicted octanol–water partition coefficient (Wildman–Crippen LogP) is 4.38. The Morgan fingerprint density at radius 3 is 2.82 bits per heavy atom. The van der Waals surface area contributed by atoms with Crippen LogP contribution in [0.4, 0.5) is 11.4 Å². The fraction of sp³-hybridized carbons (Fsp3) is 0.235. The van der Waals surface area contributed by atoms with E-state index in [1.165, 1.54) is 5.56 Å². The lowest BCUT2D eigenvalue weighted by Crippen LogP contribution is -2.30. The number of benzene rings is 2. The molecule has 3 rings (SSSR count). The molecular formula is C17H16Cl2N2O. The highest BCUT2D eigenvalue weighted by Crippen LogP contribution is 2.30. The molecule has 0 aromatic heterocycles. The molecule has 114 valence electrons. The van der Waals surface area contributed by atoms with Gasteiger partial charge in [0, 0.05) is 25.2 Å². The highest BCUT2D eigenvalue weighted by Gasteiger charge is 2.23. The van der Waals surface area contributed by atoms with Crippen LogP contribution < -0.4 is 10.2 Å². The zero-order chi connectivity index (χ0) is 15.5. The van der Waals surface area contributed by atoms with Gasteiger partial charge in [0.25, 0.3) is 0 Å². The number of halogens is 2. The van der Waals surface area contributed by atoms with Crippen LogP contribution in [-0.4, -0.2) is 19.0 Å². The molecule has 0 fully saturated rings. The molecule has 5 heteroatoms. The van der Waals surface area contributed by atoms with E-state index in [1.54, 1.807) is 6.07 Å². The van der Waals surface area contributed by atoms with Crippen molar-refractivity contribution < 1.29 is 4.79 Å². The number of carbonyl (C=O) groups excluding carboxylic acids is 1. The second-order valence-corrected chi connectivity index (χ2v) is 5.99. The summed E-state index contributed by atoms with van der Waals surface area (Å²) in [6.07, 6.45) is 1.34. The quantitative estimate of drug-likeness (QED) is 0.899. The maximum absolute atomic E-state index is 12.4. The van der Waals surface area contributed by atoms with Crippen LogP contribution >= 0.6 is 23.2 Å². The first-order chi connectivity index (χ1) is 10.7. The fourth-order valence-corrected chi connectivity index (χ4v) is 3.04. The average molecular weight is 335 g/mol. The van der Waals surface area contributed by atoms with Crippen molar-refractivity contribution in [3.05, 3.63) is 58.1 Å². The van der Waals surface area contributed by atoms with Crippen molar-refractivity contribution in [3.8, 4) is 0 Å². The molecule has 22 heavy (non-hydrogen) atoms. The molecule has 1 N–H and O–H groups in total. The summed E-state index contributed by atoms with van der Waals surface area (Å²) in [7, 11) is 0. The van der Waals surface area contributed by atoms with Crippen LogP contribution in [0.5, 0.6) is 0 Å². The second-order valence-electron chi connectivity index (χ2n) is 5.20. The Balaban J connectivity index is 1.59. The van der Waals surface area contributed by atoms with Crippen LogP contribution in [0.2, 0.25) is 10.0 Å². The van der Waals surface area contributed by atoms with Gasteiger partial charge in [-0.3, -0.25) is 4.79 Å². The van der Waals surface area contributed by atoms with Gasteiger partial charge in [-0.2, -0.15) is 0 Å². The topological polar surface area (TPSA) is 32.3 Å². The molecule has 2 aromatic rings. The third-order valence-electron chi connectivity index (χ3n) is 3.79. The van der Waals surface area contributed by atoms with E-state index in [0.717, 1.165) is 24.3 Å². The number of carbonyl (C=O) groups is 1. The van der Waals surface area contributed by atoms with Crippen molar-refractivity contribution in [3.63, 3.8) is 0 Å². The summed E-state index contributed by atoms with van der Waals surface area (Å²) in [4.78, 5) is 14.2. The summed E-state index contributed by atoms with van der Waals surface area (Å²) in [5.74, 6) is 0.121. The number of hydrogen-bond donors (Lipinski definition) is 1. The number of rotatable bonds is 4. The van der Waals surface area contributed by atoms with Crippen molar-refractivity contribution in [2.75, 3.05) is 23.3 Å². The maximum atomic E-state index is 12.4. The van der Waals surface area contributed by atoms with Crippen LogP contribution in [-0.2, 0) is 11.2 Å². The lowest BCUT2D eigenvalue weighted by molar-refractivity contribution is -0.118. The Kier molecular flexibility index (Phi) is 4.55. The molecule has 0 radical (unpaired) electrons. The van der Waals surface area contributed by atoms with E-state index in [4.69, 9.17) is 23.2 Å². The van der Waals surface area contributed by atoms with Gasteiger partial charge < -0.3 is 10.2 Å². The van der Waals surface area contributed by atoms with Crippen LogP contribution in [0.3, 0.4) is 0 Å². The Morgan fingerprint density at radius 1 is 1.14 bits per heavy atom. The lowest BCUT2D eigenvalue weighted by Gasteiger charge is -2.17. The molecule has 0 unspecified atom stereocenters. The minimum absolute atomic E-state index is 0.121. The second kappa shape index (κ2) is 6.59. The van der Waals surface area contributed by atoms with Crippen LogP contribution in [0, 0.1) is 0 Å². The summed E-state index contributed by atoms with van der Waals surface area (Å²) >= 11 is 12.1. The maximum Gasteiger partial charge on any atom is 0.228 e. The van der Waals surface area contributed by atoms with E-state index in [2.05, 4.69) is 11.4 Å². The molecule has 1 amide bonds. The van der Waals surface area contributed by atoms with Gasteiger partial charge in [-0.25, -0.2) is 0 Å². The Labute approximate surface area is 139 Å². The SMILES string of the molecule is O=C(CCNc1cccc(Cl)c1Cl)N1CCc2ccccc21. The molecule has 1 aliphatic heterocycles. The van der Waals surface area contributed by atoms with E-state index in [9.17, 15) is 4.79 Å². The highest BCUT2D eigenvalue weighted by atomic mass is 35.5. The van der Waals surface area contributed by atoms with Gasteiger partial charge in [-0.05, 0) is 30.2 Å². The first-order valence-electron chi connectivity index (χ1n) is 7.23. The number of hydrogen-bond acceptors (Lipinski definition) is 2. The molecule has 0 atom stereocenters. The molecule has 0 bridgehead atoms. The van der Waals surface area contributed by atoms with Crippen molar-refractivity contribution in [1.29, 1.82) is 0 Å². The highest BCUT2D eigenvalue weighted by molar-refractivity contribution is 6.43. The molecule has 1 heterocycles. The molecule has 0 saturated heterocycles. The van der Waals surface area contributed by atoms with Gasteiger partial charge in [0.1, 0.15) is 0 Å². The first-order valence-corrected chi connectivity index (χ1v) is 7.98. The van der Waals surface area contributed by atoms with E-state index in [0.29, 0.717) is 23.0 Å². The zero-order valence-electron chi connectivity index (χ0n) is 12.0. The third kappa shape index (κ3) is 3.06. The van der Waals surface area contributed by atoms with Crippen molar-refractivity contribution in [1.82, 2.24) is 0 Å². The molecule has 0 spiro atoms. The number of nitrogens with zero attached hydrogens (tertiary/aromatic N) is 1. The predicted molar refractivity (Wildman–Crippen MR) is 92.1 cm³/mol. The van der Waals surface area contributed by atoms with Gasteiger partial charge in [-0.1, -0.05) is 47.5 Å². The molecule has 0 aliphatic carbocycles. The monoisotopic (exact) mass is 334 g/mol.